The lowest BCUT2D eigenvalue weighted by Crippen LogP contribution is -2.40. The monoisotopic (exact) mass is 279 g/mol. The Balaban J connectivity index is 2.10. The first-order valence-corrected chi connectivity index (χ1v) is 6.62. The Morgan fingerprint density at radius 1 is 1.58 bits per heavy atom. The number of aromatic amines is 1. The van der Waals surface area contributed by atoms with E-state index in [1.54, 1.807) is 13.0 Å². The van der Waals surface area contributed by atoms with Gasteiger partial charge in [0.1, 0.15) is 6.04 Å². The van der Waals surface area contributed by atoms with Gasteiger partial charge in [0.15, 0.2) is 5.69 Å². The fraction of sp³-hybridized carbons (Fsp3) is 0.250. The van der Waals surface area contributed by atoms with Gasteiger partial charge >= 0.3 is 5.97 Å². The summed E-state index contributed by atoms with van der Waals surface area (Å²) in [6.07, 6.45) is 0.323. The minimum Gasteiger partial charge on any atom is -0.480 e. The maximum Gasteiger partial charge on any atom is 0.326 e. The predicted octanol–water partition coefficient (Wildman–Crippen LogP) is 1.73. The molecule has 0 saturated heterocycles. The van der Waals surface area contributed by atoms with Gasteiger partial charge in [-0.2, -0.15) is 5.10 Å². The fourth-order valence-corrected chi connectivity index (χ4v) is 2.26. The first kappa shape index (κ1) is 13.3. The number of aromatic nitrogens is 2. The zero-order valence-electron chi connectivity index (χ0n) is 10.2. The van der Waals surface area contributed by atoms with E-state index in [-0.39, 0.29) is 5.69 Å². The molecule has 1 atom stereocenters. The second kappa shape index (κ2) is 5.66. The Hall–Kier alpha value is -2.15. The number of thiophene rings is 1. The van der Waals surface area contributed by atoms with E-state index < -0.39 is 17.9 Å². The zero-order valence-corrected chi connectivity index (χ0v) is 11.0. The van der Waals surface area contributed by atoms with Gasteiger partial charge in [0.25, 0.3) is 5.91 Å². The number of H-pyrrole nitrogens is 1. The highest BCUT2D eigenvalue weighted by molar-refractivity contribution is 7.13. The molecule has 7 heteroatoms. The number of carbonyl (C=O) groups is 2. The van der Waals surface area contributed by atoms with Gasteiger partial charge in [0, 0.05) is 0 Å². The predicted molar refractivity (Wildman–Crippen MR) is 71.1 cm³/mol. The average Bonchev–Trinajstić information content (AvgIpc) is 3.04. The summed E-state index contributed by atoms with van der Waals surface area (Å²) in [6, 6.07) is 4.52. The number of carbonyl (C=O) groups excluding carboxylic acids is 1. The highest BCUT2D eigenvalue weighted by atomic mass is 32.1. The van der Waals surface area contributed by atoms with Crippen molar-refractivity contribution in [1.29, 1.82) is 0 Å². The van der Waals surface area contributed by atoms with Gasteiger partial charge in [-0.3, -0.25) is 9.89 Å². The van der Waals surface area contributed by atoms with Crippen LogP contribution in [0, 0.1) is 0 Å². The minimum atomic E-state index is -1.05. The second-order valence-electron chi connectivity index (χ2n) is 3.92. The number of carboxylic acid groups (broad SMARTS) is 1. The third-order valence-corrected chi connectivity index (χ3v) is 3.51. The maximum absolute atomic E-state index is 11.8. The van der Waals surface area contributed by atoms with E-state index >= 15 is 0 Å². The SMILES string of the molecule is CCC(NC(=O)c1cc(-c2cccs2)[nH]n1)C(=O)O. The summed E-state index contributed by atoms with van der Waals surface area (Å²) in [5.41, 5.74) is 0.923. The van der Waals surface area contributed by atoms with Crippen molar-refractivity contribution in [2.24, 2.45) is 0 Å². The fourth-order valence-electron chi connectivity index (χ4n) is 1.57. The molecule has 3 N–H and O–H groups in total. The van der Waals surface area contributed by atoms with Crippen LogP contribution in [0.2, 0.25) is 0 Å². The number of hydrogen-bond acceptors (Lipinski definition) is 4. The molecule has 0 radical (unpaired) electrons. The van der Waals surface area contributed by atoms with Gasteiger partial charge in [0.2, 0.25) is 0 Å². The van der Waals surface area contributed by atoms with E-state index in [1.165, 1.54) is 11.3 Å². The Labute approximate surface area is 113 Å². The molecule has 0 aliphatic carbocycles. The molecule has 0 bridgehead atoms. The Morgan fingerprint density at radius 3 is 2.95 bits per heavy atom. The number of hydrogen-bond donors (Lipinski definition) is 3. The van der Waals surface area contributed by atoms with Crippen molar-refractivity contribution in [2.75, 3.05) is 0 Å². The van der Waals surface area contributed by atoms with Crippen molar-refractivity contribution < 1.29 is 14.7 Å². The molecule has 0 saturated carbocycles. The molecule has 0 spiro atoms. The summed E-state index contributed by atoms with van der Waals surface area (Å²) >= 11 is 1.53. The largest absolute Gasteiger partial charge is 0.480 e. The van der Waals surface area contributed by atoms with Crippen LogP contribution in [0.1, 0.15) is 23.8 Å². The van der Waals surface area contributed by atoms with Crippen LogP contribution in [0.15, 0.2) is 23.6 Å². The van der Waals surface area contributed by atoms with E-state index in [0.29, 0.717) is 6.42 Å². The van der Waals surface area contributed by atoms with Crippen molar-refractivity contribution in [3.05, 3.63) is 29.3 Å². The van der Waals surface area contributed by atoms with E-state index in [0.717, 1.165) is 10.6 Å². The Kier molecular flexibility index (Phi) is 3.96. The number of aliphatic carboxylic acids is 1. The van der Waals surface area contributed by atoms with Crippen LogP contribution >= 0.6 is 11.3 Å². The summed E-state index contributed by atoms with van der Waals surface area (Å²) in [7, 11) is 0. The number of nitrogens with zero attached hydrogens (tertiary/aromatic N) is 1. The lowest BCUT2D eigenvalue weighted by Gasteiger charge is -2.10. The van der Waals surface area contributed by atoms with Crippen molar-refractivity contribution >= 4 is 23.2 Å². The molecule has 19 heavy (non-hydrogen) atoms. The van der Waals surface area contributed by atoms with E-state index in [9.17, 15) is 9.59 Å². The van der Waals surface area contributed by atoms with Gasteiger partial charge in [-0.1, -0.05) is 13.0 Å². The molecular formula is C12H13N3O3S. The molecule has 2 heterocycles. The normalized spacial score (nSPS) is 12.1. The van der Waals surface area contributed by atoms with Gasteiger partial charge in [-0.15, -0.1) is 11.3 Å². The molecular weight excluding hydrogens is 266 g/mol. The summed E-state index contributed by atoms with van der Waals surface area (Å²) in [6.45, 7) is 1.70. The smallest absolute Gasteiger partial charge is 0.326 e. The highest BCUT2D eigenvalue weighted by Gasteiger charge is 2.20. The molecule has 0 aliphatic heterocycles. The van der Waals surface area contributed by atoms with Crippen LogP contribution in [-0.2, 0) is 4.79 Å². The Bertz CT molecular complexity index is 577. The van der Waals surface area contributed by atoms with Crippen LogP contribution in [0.5, 0.6) is 0 Å². The van der Waals surface area contributed by atoms with E-state index in [1.807, 2.05) is 17.5 Å². The zero-order chi connectivity index (χ0) is 13.8. The topological polar surface area (TPSA) is 95.1 Å². The van der Waals surface area contributed by atoms with Crippen molar-refractivity contribution in [3.8, 4) is 10.6 Å². The van der Waals surface area contributed by atoms with E-state index in [4.69, 9.17) is 5.11 Å². The van der Waals surface area contributed by atoms with Crippen molar-refractivity contribution in [2.45, 2.75) is 19.4 Å². The maximum atomic E-state index is 11.8. The molecule has 0 aromatic carbocycles. The summed E-state index contributed by atoms with van der Waals surface area (Å²) < 4.78 is 0. The summed E-state index contributed by atoms with van der Waals surface area (Å²) in [4.78, 5) is 23.7. The van der Waals surface area contributed by atoms with Crippen LogP contribution in [0.3, 0.4) is 0 Å². The average molecular weight is 279 g/mol. The molecule has 1 amide bonds. The molecule has 2 rings (SSSR count). The molecule has 2 aromatic heterocycles. The Morgan fingerprint density at radius 2 is 2.37 bits per heavy atom. The van der Waals surface area contributed by atoms with E-state index in [2.05, 4.69) is 15.5 Å². The van der Waals surface area contributed by atoms with Crippen molar-refractivity contribution in [1.82, 2.24) is 15.5 Å². The number of nitrogens with one attached hydrogen (secondary N) is 2. The third-order valence-electron chi connectivity index (χ3n) is 2.61. The van der Waals surface area contributed by atoms with Gasteiger partial charge < -0.3 is 10.4 Å². The summed E-state index contributed by atoms with van der Waals surface area (Å²) in [5.74, 6) is -1.54. The molecule has 1 unspecified atom stereocenters. The molecule has 0 aliphatic rings. The van der Waals surface area contributed by atoms with Crippen molar-refractivity contribution in [3.63, 3.8) is 0 Å². The van der Waals surface area contributed by atoms with Gasteiger partial charge in [-0.25, -0.2) is 4.79 Å². The number of carboxylic acids is 1. The van der Waals surface area contributed by atoms with Gasteiger partial charge in [-0.05, 0) is 23.9 Å². The lowest BCUT2D eigenvalue weighted by molar-refractivity contribution is -0.139. The minimum absolute atomic E-state index is 0.183. The van der Waals surface area contributed by atoms with Crippen LogP contribution in [0.25, 0.3) is 10.6 Å². The molecule has 6 nitrogen and oxygen atoms in total. The first-order valence-electron chi connectivity index (χ1n) is 5.74. The number of amides is 1. The van der Waals surface area contributed by atoms with Crippen LogP contribution < -0.4 is 5.32 Å². The highest BCUT2D eigenvalue weighted by Crippen LogP contribution is 2.22. The molecule has 0 fully saturated rings. The number of rotatable bonds is 5. The molecule has 100 valence electrons. The van der Waals surface area contributed by atoms with Crippen LogP contribution in [0.4, 0.5) is 0 Å². The molecule has 2 aromatic rings. The van der Waals surface area contributed by atoms with Crippen LogP contribution in [-0.4, -0.2) is 33.2 Å². The quantitative estimate of drug-likeness (QED) is 0.776. The third kappa shape index (κ3) is 3.00. The standard InChI is InChI=1S/C12H13N3O3S/c1-2-7(12(17)18)13-11(16)9-6-8(14-15-9)10-4-3-5-19-10/h3-7H,2H2,1H3,(H,13,16)(H,14,15)(H,17,18). The second-order valence-corrected chi connectivity index (χ2v) is 4.86. The first-order chi connectivity index (χ1) is 9.11. The summed E-state index contributed by atoms with van der Waals surface area (Å²) in [5, 5.41) is 19.9. The lowest BCUT2D eigenvalue weighted by atomic mass is 10.2. The van der Waals surface area contributed by atoms with Gasteiger partial charge in [0.05, 0.1) is 10.6 Å².